The topological polar surface area (TPSA) is 98.7 Å². The summed E-state index contributed by atoms with van der Waals surface area (Å²) in [6, 6.07) is 10.9. The second-order valence-electron chi connectivity index (χ2n) is 4.71. The summed E-state index contributed by atoms with van der Waals surface area (Å²) in [5.41, 5.74) is 8.89. The van der Waals surface area contributed by atoms with Gasteiger partial charge in [0.2, 0.25) is 5.91 Å². The summed E-state index contributed by atoms with van der Waals surface area (Å²) < 4.78 is 1.52. The fourth-order valence-corrected chi connectivity index (χ4v) is 2.11. The molecule has 7 heteroatoms. The highest BCUT2D eigenvalue weighted by molar-refractivity contribution is 5.89. The standard InChI is InChI=1S/C15H14N6O/c1-10(22)18-12-5-2-6-13(8-12)21-15(16)14(19-20-21)11-4-3-7-17-9-11/h2-9H,16H2,1H3,(H,18,22). The monoisotopic (exact) mass is 294 g/mol. The Kier molecular flexibility index (Phi) is 3.53. The molecule has 2 aromatic heterocycles. The molecular weight excluding hydrogens is 280 g/mol. The number of amides is 1. The molecule has 0 fully saturated rings. The molecule has 0 aliphatic heterocycles. The summed E-state index contributed by atoms with van der Waals surface area (Å²) in [6.45, 7) is 1.46. The maximum atomic E-state index is 11.1. The van der Waals surface area contributed by atoms with Crippen molar-refractivity contribution in [2.45, 2.75) is 6.92 Å². The summed E-state index contributed by atoms with van der Waals surface area (Å²) >= 11 is 0. The lowest BCUT2D eigenvalue weighted by atomic mass is 10.2. The van der Waals surface area contributed by atoms with Crippen molar-refractivity contribution in [3.8, 4) is 16.9 Å². The molecule has 3 aromatic rings. The van der Waals surface area contributed by atoms with E-state index in [4.69, 9.17) is 5.73 Å². The zero-order chi connectivity index (χ0) is 15.5. The molecule has 3 N–H and O–H groups in total. The van der Waals surface area contributed by atoms with Gasteiger partial charge in [-0.05, 0) is 30.3 Å². The van der Waals surface area contributed by atoms with E-state index in [-0.39, 0.29) is 5.91 Å². The summed E-state index contributed by atoms with van der Waals surface area (Å²) in [5.74, 6) is 0.271. The molecule has 0 radical (unpaired) electrons. The molecule has 0 aliphatic carbocycles. The third kappa shape index (κ3) is 2.64. The number of nitrogens with zero attached hydrogens (tertiary/aromatic N) is 4. The van der Waals surface area contributed by atoms with Crippen molar-refractivity contribution in [2.75, 3.05) is 11.1 Å². The van der Waals surface area contributed by atoms with E-state index in [1.165, 1.54) is 11.6 Å². The highest BCUT2D eigenvalue weighted by Gasteiger charge is 2.13. The minimum Gasteiger partial charge on any atom is -0.382 e. The lowest BCUT2D eigenvalue weighted by Gasteiger charge is -2.07. The first-order chi connectivity index (χ1) is 10.6. The van der Waals surface area contributed by atoms with E-state index in [0.29, 0.717) is 22.9 Å². The number of nitrogens with one attached hydrogen (secondary N) is 1. The van der Waals surface area contributed by atoms with Crippen LogP contribution in [0.1, 0.15) is 6.92 Å². The van der Waals surface area contributed by atoms with Crippen molar-refractivity contribution in [2.24, 2.45) is 0 Å². The van der Waals surface area contributed by atoms with E-state index in [0.717, 1.165) is 5.56 Å². The lowest BCUT2D eigenvalue weighted by molar-refractivity contribution is -0.114. The number of aromatic nitrogens is 4. The number of rotatable bonds is 3. The maximum Gasteiger partial charge on any atom is 0.221 e. The van der Waals surface area contributed by atoms with E-state index < -0.39 is 0 Å². The Morgan fingerprint density at radius 3 is 2.86 bits per heavy atom. The smallest absolute Gasteiger partial charge is 0.221 e. The number of hydrogen-bond acceptors (Lipinski definition) is 5. The van der Waals surface area contributed by atoms with Crippen molar-refractivity contribution in [3.05, 3.63) is 48.8 Å². The van der Waals surface area contributed by atoms with Gasteiger partial charge in [-0.3, -0.25) is 9.78 Å². The molecule has 1 aromatic carbocycles. The van der Waals surface area contributed by atoms with Crippen molar-refractivity contribution >= 4 is 17.4 Å². The fourth-order valence-electron chi connectivity index (χ4n) is 2.11. The van der Waals surface area contributed by atoms with Crippen molar-refractivity contribution in [3.63, 3.8) is 0 Å². The summed E-state index contributed by atoms with van der Waals surface area (Å²) in [7, 11) is 0. The molecule has 2 heterocycles. The number of pyridine rings is 1. The average molecular weight is 294 g/mol. The first kappa shape index (κ1) is 13.7. The van der Waals surface area contributed by atoms with Gasteiger partial charge in [-0.1, -0.05) is 11.3 Å². The zero-order valence-electron chi connectivity index (χ0n) is 11.9. The average Bonchev–Trinajstić information content (AvgIpc) is 2.89. The molecule has 3 rings (SSSR count). The first-order valence-corrected chi connectivity index (χ1v) is 6.65. The molecule has 0 bridgehead atoms. The SMILES string of the molecule is CC(=O)Nc1cccc(-n2nnc(-c3cccnc3)c2N)c1. The second-order valence-corrected chi connectivity index (χ2v) is 4.71. The molecule has 0 unspecified atom stereocenters. The minimum absolute atomic E-state index is 0.139. The van der Waals surface area contributed by atoms with Crippen LogP contribution in [0.2, 0.25) is 0 Å². The van der Waals surface area contributed by atoms with Crippen LogP contribution in [0.25, 0.3) is 16.9 Å². The Balaban J connectivity index is 2.00. The number of benzene rings is 1. The number of nitrogen functional groups attached to an aromatic ring is 1. The third-order valence-corrected chi connectivity index (χ3v) is 3.05. The van der Waals surface area contributed by atoms with Crippen molar-refractivity contribution in [1.29, 1.82) is 0 Å². The van der Waals surface area contributed by atoms with Gasteiger partial charge in [-0.25, -0.2) is 0 Å². The quantitative estimate of drug-likeness (QED) is 0.768. The Labute approximate surface area is 126 Å². The van der Waals surface area contributed by atoms with E-state index in [9.17, 15) is 4.79 Å². The molecule has 22 heavy (non-hydrogen) atoms. The zero-order valence-corrected chi connectivity index (χ0v) is 11.9. The van der Waals surface area contributed by atoms with Crippen LogP contribution in [0, 0.1) is 0 Å². The Morgan fingerprint density at radius 1 is 1.27 bits per heavy atom. The second kappa shape index (κ2) is 5.65. The number of nitrogens with two attached hydrogens (primary N) is 1. The molecule has 0 aliphatic rings. The molecule has 110 valence electrons. The summed E-state index contributed by atoms with van der Waals surface area (Å²) in [4.78, 5) is 15.2. The van der Waals surface area contributed by atoms with Crippen LogP contribution < -0.4 is 11.1 Å². The largest absolute Gasteiger partial charge is 0.382 e. The van der Waals surface area contributed by atoms with Gasteiger partial charge in [0, 0.05) is 30.6 Å². The Morgan fingerprint density at radius 2 is 2.14 bits per heavy atom. The highest BCUT2D eigenvalue weighted by Crippen LogP contribution is 2.25. The van der Waals surface area contributed by atoms with Crippen molar-refractivity contribution < 1.29 is 4.79 Å². The van der Waals surface area contributed by atoms with Crippen LogP contribution in [0.5, 0.6) is 0 Å². The minimum atomic E-state index is -0.139. The molecule has 1 amide bonds. The molecular formula is C15H14N6O. The van der Waals surface area contributed by atoms with E-state index in [1.54, 1.807) is 24.5 Å². The van der Waals surface area contributed by atoms with E-state index in [1.807, 2.05) is 24.3 Å². The van der Waals surface area contributed by atoms with Gasteiger partial charge in [-0.2, -0.15) is 4.68 Å². The number of anilines is 2. The van der Waals surface area contributed by atoms with Crippen LogP contribution >= 0.6 is 0 Å². The van der Waals surface area contributed by atoms with Gasteiger partial charge < -0.3 is 11.1 Å². The van der Waals surface area contributed by atoms with Crippen LogP contribution in [0.4, 0.5) is 11.5 Å². The van der Waals surface area contributed by atoms with Crippen LogP contribution in [0.15, 0.2) is 48.8 Å². The van der Waals surface area contributed by atoms with Gasteiger partial charge in [0.05, 0.1) is 5.69 Å². The first-order valence-electron chi connectivity index (χ1n) is 6.65. The molecule has 0 spiro atoms. The predicted molar refractivity (Wildman–Crippen MR) is 83.3 cm³/mol. The third-order valence-electron chi connectivity index (χ3n) is 3.05. The number of hydrogen-bond donors (Lipinski definition) is 2. The van der Waals surface area contributed by atoms with Gasteiger partial charge in [-0.15, -0.1) is 5.10 Å². The molecule has 0 saturated carbocycles. The fraction of sp³-hybridized carbons (Fsp3) is 0.0667. The summed E-state index contributed by atoms with van der Waals surface area (Å²) in [6.07, 6.45) is 3.36. The van der Waals surface area contributed by atoms with E-state index in [2.05, 4.69) is 20.6 Å². The Hall–Kier alpha value is -3.22. The maximum absolute atomic E-state index is 11.1. The van der Waals surface area contributed by atoms with Crippen molar-refractivity contribution in [1.82, 2.24) is 20.0 Å². The van der Waals surface area contributed by atoms with Crippen LogP contribution in [-0.4, -0.2) is 25.9 Å². The lowest BCUT2D eigenvalue weighted by Crippen LogP contribution is -2.07. The van der Waals surface area contributed by atoms with E-state index >= 15 is 0 Å². The highest BCUT2D eigenvalue weighted by atomic mass is 16.1. The Bertz CT molecular complexity index is 812. The normalized spacial score (nSPS) is 10.4. The van der Waals surface area contributed by atoms with Crippen LogP contribution in [0.3, 0.4) is 0 Å². The van der Waals surface area contributed by atoms with Gasteiger partial charge in [0.15, 0.2) is 5.82 Å². The van der Waals surface area contributed by atoms with Crippen LogP contribution in [-0.2, 0) is 4.79 Å². The summed E-state index contributed by atoms with van der Waals surface area (Å²) in [5, 5.41) is 10.9. The number of carbonyl (C=O) groups excluding carboxylic acids is 1. The molecule has 0 atom stereocenters. The predicted octanol–water partition coefficient (Wildman–Crippen LogP) is 1.87. The molecule has 0 saturated heterocycles. The molecule has 7 nitrogen and oxygen atoms in total. The van der Waals surface area contributed by atoms with Gasteiger partial charge >= 0.3 is 0 Å². The number of carbonyl (C=O) groups is 1. The van der Waals surface area contributed by atoms with Gasteiger partial charge in [0.25, 0.3) is 0 Å². The van der Waals surface area contributed by atoms with Gasteiger partial charge in [0.1, 0.15) is 5.69 Å².